The minimum atomic E-state index is 0.0696. The van der Waals surface area contributed by atoms with Crippen LogP contribution in [0.25, 0.3) is 0 Å². The molecule has 2 aliphatic heterocycles. The molecule has 2 aliphatic rings. The number of carbonyl (C=O) groups is 1. The van der Waals surface area contributed by atoms with E-state index < -0.39 is 0 Å². The number of hydrogen-bond donors (Lipinski definition) is 0. The monoisotopic (exact) mass is 224 g/mol. The van der Waals surface area contributed by atoms with Gasteiger partial charge in [0, 0.05) is 25.2 Å². The van der Waals surface area contributed by atoms with E-state index in [-0.39, 0.29) is 11.6 Å². The lowest BCUT2D eigenvalue weighted by Crippen LogP contribution is -2.51. The number of likely N-dealkylation sites (tertiary alicyclic amines) is 2. The number of nitrogens with zero attached hydrogens (tertiary/aromatic N) is 2. The number of hydrogen-bond acceptors (Lipinski definition) is 1. The second-order valence-electron chi connectivity index (χ2n) is 6.02. The first-order chi connectivity index (χ1) is 7.50. The van der Waals surface area contributed by atoms with Crippen molar-refractivity contribution in [3.8, 4) is 0 Å². The van der Waals surface area contributed by atoms with E-state index >= 15 is 0 Å². The first-order valence-electron chi connectivity index (χ1n) is 6.57. The van der Waals surface area contributed by atoms with Gasteiger partial charge in [-0.05, 0) is 45.4 Å². The number of carbonyl (C=O) groups excluding carboxylic acids is 1. The summed E-state index contributed by atoms with van der Waals surface area (Å²) in [6.45, 7) is 9.49. The topological polar surface area (TPSA) is 23.6 Å². The van der Waals surface area contributed by atoms with Gasteiger partial charge in [0.15, 0.2) is 0 Å². The van der Waals surface area contributed by atoms with Crippen LogP contribution in [0.3, 0.4) is 0 Å². The maximum Gasteiger partial charge on any atom is 0.320 e. The lowest BCUT2D eigenvalue weighted by molar-refractivity contribution is 0.111. The van der Waals surface area contributed by atoms with Gasteiger partial charge in [-0.15, -0.1) is 0 Å². The molecule has 3 nitrogen and oxygen atoms in total. The Bertz CT molecular complexity index is 267. The van der Waals surface area contributed by atoms with Crippen molar-refractivity contribution in [2.45, 2.75) is 52.0 Å². The third-order valence-electron chi connectivity index (χ3n) is 4.19. The summed E-state index contributed by atoms with van der Waals surface area (Å²) in [5, 5.41) is 0. The Kier molecular flexibility index (Phi) is 3.13. The van der Waals surface area contributed by atoms with Crippen LogP contribution < -0.4 is 0 Å². The Balaban J connectivity index is 1.97. The van der Waals surface area contributed by atoms with Crippen LogP contribution in [0.15, 0.2) is 0 Å². The summed E-state index contributed by atoms with van der Waals surface area (Å²) in [5.74, 6) is 0.788. The highest BCUT2D eigenvalue weighted by Gasteiger charge is 2.37. The summed E-state index contributed by atoms with van der Waals surface area (Å²) in [4.78, 5) is 16.5. The summed E-state index contributed by atoms with van der Waals surface area (Å²) in [5.41, 5.74) is 0.0696. The van der Waals surface area contributed by atoms with Gasteiger partial charge in [-0.2, -0.15) is 0 Å². The number of rotatable bonds is 0. The van der Waals surface area contributed by atoms with Crippen LogP contribution in [0.1, 0.15) is 46.5 Å². The molecule has 0 unspecified atom stereocenters. The number of piperidine rings is 1. The molecule has 0 saturated carbocycles. The molecule has 2 amide bonds. The van der Waals surface area contributed by atoms with Crippen molar-refractivity contribution in [3.05, 3.63) is 0 Å². The Morgan fingerprint density at radius 3 is 2.31 bits per heavy atom. The van der Waals surface area contributed by atoms with E-state index in [2.05, 4.69) is 25.7 Å². The molecule has 0 aliphatic carbocycles. The highest BCUT2D eigenvalue weighted by molar-refractivity contribution is 5.75. The largest absolute Gasteiger partial charge is 0.325 e. The molecule has 0 aromatic rings. The average Bonchev–Trinajstić information content (AvgIpc) is 2.58. The second kappa shape index (κ2) is 4.27. The highest BCUT2D eigenvalue weighted by Crippen LogP contribution is 2.30. The Morgan fingerprint density at radius 1 is 1.19 bits per heavy atom. The summed E-state index contributed by atoms with van der Waals surface area (Å²) in [6, 6.07) is 0.273. The van der Waals surface area contributed by atoms with Crippen LogP contribution in [0.2, 0.25) is 0 Å². The summed E-state index contributed by atoms with van der Waals surface area (Å²) in [6.07, 6.45) is 4.63. The van der Waals surface area contributed by atoms with Gasteiger partial charge in [-0.25, -0.2) is 4.79 Å². The average molecular weight is 224 g/mol. The predicted octanol–water partition coefficient (Wildman–Crippen LogP) is 2.71. The zero-order valence-corrected chi connectivity index (χ0v) is 10.8. The Morgan fingerprint density at radius 2 is 1.81 bits per heavy atom. The standard InChI is InChI=1S/C13H24N2O/c1-11-5-9-14(10-6-11)12(16)15-8-4-7-13(15,2)3/h11H,4-10H2,1-3H3. The molecule has 0 spiro atoms. The lowest BCUT2D eigenvalue weighted by atomic mass is 9.99. The van der Waals surface area contributed by atoms with Crippen LogP contribution in [-0.4, -0.2) is 41.0 Å². The molecule has 0 N–H and O–H groups in total. The van der Waals surface area contributed by atoms with Crippen LogP contribution in [0.4, 0.5) is 4.79 Å². The summed E-state index contributed by atoms with van der Waals surface area (Å²) >= 11 is 0. The Labute approximate surface area is 98.8 Å². The van der Waals surface area contributed by atoms with Gasteiger partial charge in [-0.1, -0.05) is 6.92 Å². The fraction of sp³-hybridized carbons (Fsp3) is 0.923. The second-order valence-corrected chi connectivity index (χ2v) is 6.02. The van der Waals surface area contributed by atoms with Gasteiger partial charge in [0.25, 0.3) is 0 Å². The van der Waals surface area contributed by atoms with Gasteiger partial charge in [0.2, 0.25) is 0 Å². The zero-order valence-electron chi connectivity index (χ0n) is 10.8. The zero-order chi connectivity index (χ0) is 11.8. The van der Waals surface area contributed by atoms with Crippen LogP contribution in [0, 0.1) is 5.92 Å². The lowest BCUT2D eigenvalue weighted by Gasteiger charge is -2.38. The number of urea groups is 1. The van der Waals surface area contributed by atoms with E-state index in [0.29, 0.717) is 0 Å². The van der Waals surface area contributed by atoms with Gasteiger partial charge in [0.05, 0.1) is 0 Å². The molecule has 0 bridgehead atoms. The van der Waals surface area contributed by atoms with E-state index in [9.17, 15) is 4.79 Å². The van der Waals surface area contributed by atoms with Crippen LogP contribution >= 0.6 is 0 Å². The third kappa shape index (κ3) is 2.18. The number of amides is 2. The van der Waals surface area contributed by atoms with Gasteiger partial charge in [0.1, 0.15) is 0 Å². The molecule has 0 radical (unpaired) electrons. The predicted molar refractivity (Wildman–Crippen MR) is 65.4 cm³/mol. The quantitative estimate of drug-likeness (QED) is 0.620. The molecular formula is C13H24N2O. The van der Waals surface area contributed by atoms with Gasteiger partial charge in [-0.3, -0.25) is 0 Å². The molecule has 2 rings (SSSR count). The normalized spacial score (nSPS) is 26.2. The highest BCUT2D eigenvalue weighted by atomic mass is 16.2. The molecule has 2 saturated heterocycles. The van der Waals surface area contributed by atoms with Crippen LogP contribution in [-0.2, 0) is 0 Å². The van der Waals surface area contributed by atoms with Crippen LogP contribution in [0.5, 0.6) is 0 Å². The van der Waals surface area contributed by atoms with E-state index in [0.717, 1.165) is 38.4 Å². The van der Waals surface area contributed by atoms with Gasteiger partial charge < -0.3 is 9.80 Å². The minimum absolute atomic E-state index is 0.0696. The van der Waals surface area contributed by atoms with Crippen molar-refractivity contribution in [2.75, 3.05) is 19.6 Å². The molecular weight excluding hydrogens is 200 g/mol. The van der Waals surface area contributed by atoms with Crippen molar-refractivity contribution >= 4 is 6.03 Å². The minimum Gasteiger partial charge on any atom is -0.325 e. The molecule has 0 aromatic carbocycles. The molecule has 16 heavy (non-hydrogen) atoms. The maximum absolute atomic E-state index is 12.4. The van der Waals surface area contributed by atoms with Gasteiger partial charge >= 0.3 is 6.03 Å². The van der Waals surface area contributed by atoms with Crippen molar-refractivity contribution in [1.29, 1.82) is 0 Å². The third-order valence-corrected chi connectivity index (χ3v) is 4.19. The van der Waals surface area contributed by atoms with Crippen molar-refractivity contribution in [2.24, 2.45) is 5.92 Å². The maximum atomic E-state index is 12.4. The fourth-order valence-electron chi connectivity index (χ4n) is 2.83. The first kappa shape index (κ1) is 11.7. The van der Waals surface area contributed by atoms with E-state index in [1.54, 1.807) is 0 Å². The fourth-order valence-corrected chi connectivity index (χ4v) is 2.83. The van der Waals surface area contributed by atoms with E-state index in [1.807, 2.05) is 4.90 Å². The molecule has 3 heteroatoms. The summed E-state index contributed by atoms with van der Waals surface area (Å²) in [7, 11) is 0. The molecule has 0 aromatic heterocycles. The smallest absolute Gasteiger partial charge is 0.320 e. The first-order valence-corrected chi connectivity index (χ1v) is 6.57. The van der Waals surface area contributed by atoms with Crippen molar-refractivity contribution < 1.29 is 4.79 Å². The molecule has 2 fully saturated rings. The summed E-state index contributed by atoms with van der Waals surface area (Å²) < 4.78 is 0. The molecule has 0 atom stereocenters. The van der Waals surface area contributed by atoms with Crippen molar-refractivity contribution in [1.82, 2.24) is 9.80 Å². The van der Waals surface area contributed by atoms with E-state index in [4.69, 9.17) is 0 Å². The van der Waals surface area contributed by atoms with Crippen molar-refractivity contribution in [3.63, 3.8) is 0 Å². The SMILES string of the molecule is CC1CCN(C(=O)N2CCCC2(C)C)CC1. The van der Waals surface area contributed by atoms with E-state index in [1.165, 1.54) is 12.8 Å². The molecule has 92 valence electrons. The molecule has 2 heterocycles. The Hall–Kier alpha value is -0.730.